The molecule has 0 fully saturated rings. The molecule has 1 aromatic heterocycles. The number of carbonyl (C=O) groups excluding carboxylic acids is 1. The highest BCUT2D eigenvalue weighted by molar-refractivity contribution is 6.03. The number of hydrogen-bond donors (Lipinski definition) is 1. The molecule has 4 nitrogen and oxygen atoms in total. The summed E-state index contributed by atoms with van der Waals surface area (Å²) in [5.41, 5.74) is 0.388. The lowest BCUT2D eigenvalue weighted by molar-refractivity contribution is 0.102. The number of hydrogen-bond acceptors (Lipinski definition) is 3. The maximum atomic E-state index is 13.4. The summed E-state index contributed by atoms with van der Waals surface area (Å²) in [6.45, 7) is 0. The Labute approximate surface area is 110 Å². The topological polar surface area (TPSA) is 45.2 Å². The van der Waals surface area contributed by atoms with E-state index in [0.29, 0.717) is 5.82 Å². The summed E-state index contributed by atoms with van der Waals surface area (Å²) in [7, 11) is 3.67. The Kier molecular flexibility index (Phi) is 3.75. The zero-order chi connectivity index (χ0) is 13.8. The molecule has 0 aliphatic rings. The van der Waals surface area contributed by atoms with Gasteiger partial charge in [0.15, 0.2) is 0 Å². The van der Waals surface area contributed by atoms with Crippen LogP contribution in [0.25, 0.3) is 0 Å². The number of pyridine rings is 1. The molecular weight excluding hydrogens is 245 g/mol. The van der Waals surface area contributed by atoms with Crippen molar-refractivity contribution < 1.29 is 9.18 Å². The molecule has 1 N–H and O–H groups in total. The van der Waals surface area contributed by atoms with Crippen LogP contribution in [-0.2, 0) is 0 Å². The fourth-order valence-electron chi connectivity index (χ4n) is 1.55. The van der Waals surface area contributed by atoms with Gasteiger partial charge in [0.25, 0.3) is 5.91 Å². The summed E-state index contributed by atoms with van der Waals surface area (Å²) in [6, 6.07) is 11.1. The number of halogens is 1. The Morgan fingerprint density at radius 3 is 2.58 bits per heavy atom. The molecule has 1 aromatic carbocycles. The predicted octanol–water partition coefficient (Wildman–Crippen LogP) is 2.54. The fraction of sp³-hybridized carbons (Fsp3) is 0.143. The van der Waals surface area contributed by atoms with Crippen LogP contribution in [0.3, 0.4) is 0 Å². The molecule has 1 amide bonds. The zero-order valence-electron chi connectivity index (χ0n) is 10.7. The van der Waals surface area contributed by atoms with Crippen molar-refractivity contribution >= 4 is 17.4 Å². The molecule has 0 saturated carbocycles. The Morgan fingerprint density at radius 2 is 1.89 bits per heavy atom. The first kappa shape index (κ1) is 13.0. The molecule has 2 rings (SSSR count). The number of carbonyl (C=O) groups is 1. The number of anilines is 2. The van der Waals surface area contributed by atoms with E-state index >= 15 is 0 Å². The van der Waals surface area contributed by atoms with Crippen molar-refractivity contribution in [3.05, 3.63) is 54.0 Å². The van der Waals surface area contributed by atoms with E-state index in [-0.39, 0.29) is 11.4 Å². The highest BCUT2D eigenvalue weighted by Gasteiger charge is 2.11. The van der Waals surface area contributed by atoms with Crippen molar-refractivity contribution in [2.24, 2.45) is 0 Å². The van der Waals surface area contributed by atoms with E-state index in [1.807, 2.05) is 14.1 Å². The smallest absolute Gasteiger partial charge is 0.274 e. The van der Waals surface area contributed by atoms with Crippen molar-refractivity contribution in [2.45, 2.75) is 0 Å². The third kappa shape index (κ3) is 3.07. The maximum Gasteiger partial charge on any atom is 0.274 e. The zero-order valence-corrected chi connectivity index (χ0v) is 10.7. The molecule has 0 saturated heterocycles. The average Bonchev–Trinajstić information content (AvgIpc) is 2.41. The highest BCUT2D eigenvalue weighted by Crippen LogP contribution is 2.14. The van der Waals surface area contributed by atoms with Gasteiger partial charge in [-0.1, -0.05) is 18.2 Å². The third-order valence-electron chi connectivity index (χ3n) is 2.55. The van der Waals surface area contributed by atoms with Crippen LogP contribution in [0, 0.1) is 5.82 Å². The second-order valence-electron chi connectivity index (χ2n) is 4.21. The molecular formula is C14H14FN3O. The number of rotatable bonds is 3. The standard InChI is InChI=1S/C14H14FN3O/c1-18(2)13-9-5-8-12(16-13)14(19)17-11-7-4-3-6-10(11)15/h3-9H,1-2H3,(H,17,19). The summed E-state index contributed by atoms with van der Waals surface area (Å²) < 4.78 is 13.4. The molecule has 0 radical (unpaired) electrons. The van der Waals surface area contributed by atoms with E-state index in [9.17, 15) is 9.18 Å². The lowest BCUT2D eigenvalue weighted by Gasteiger charge is -2.12. The van der Waals surface area contributed by atoms with Crippen LogP contribution in [0.5, 0.6) is 0 Å². The molecule has 0 bridgehead atoms. The van der Waals surface area contributed by atoms with Crippen LogP contribution in [0.2, 0.25) is 0 Å². The van der Waals surface area contributed by atoms with Crippen LogP contribution < -0.4 is 10.2 Å². The summed E-state index contributed by atoms with van der Waals surface area (Å²) in [5, 5.41) is 2.50. The molecule has 0 aliphatic carbocycles. The van der Waals surface area contributed by atoms with Crippen LogP contribution in [0.15, 0.2) is 42.5 Å². The van der Waals surface area contributed by atoms with Gasteiger partial charge in [0, 0.05) is 14.1 Å². The molecule has 0 aliphatic heterocycles. The van der Waals surface area contributed by atoms with Crippen molar-refractivity contribution in [3.63, 3.8) is 0 Å². The molecule has 0 spiro atoms. The first-order chi connectivity index (χ1) is 9.08. The number of para-hydroxylation sites is 1. The number of benzene rings is 1. The van der Waals surface area contributed by atoms with Gasteiger partial charge in [-0.3, -0.25) is 4.79 Å². The number of nitrogens with zero attached hydrogens (tertiary/aromatic N) is 2. The van der Waals surface area contributed by atoms with Crippen LogP contribution in [0.1, 0.15) is 10.5 Å². The van der Waals surface area contributed by atoms with Gasteiger partial charge < -0.3 is 10.2 Å². The Bertz CT molecular complexity index is 599. The number of amides is 1. The van der Waals surface area contributed by atoms with Crippen molar-refractivity contribution in [1.29, 1.82) is 0 Å². The molecule has 1 heterocycles. The van der Waals surface area contributed by atoms with Gasteiger partial charge in [-0.15, -0.1) is 0 Å². The van der Waals surface area contributed by atoms with E-state index < -0.39 is 11.7 Å². The molecule has 2 aromatic rings. The molecule has 5 heteroatoms. The minimum absolute atomic E-state index is 0.143. The second-order valence-corrected chi connectivity index (χ2v) is 4.21. The molecule has 0 atom stereocenters. The largest absolute Gasteiger partial charge is 0.363 e. The van der Waals surface area contributed by atoms with E-state index in [0.717, 1.165) is 0 Å². The van der Waals surface area contributed by atoms with E-state index in [1.165, 1.54) is 12.1 Å². The number of nitrogens with one attached hydrogen (secondary N) is 1. The van der Waals surface area contributed by atoms with Crippen LogP contribution in [0.4, 0.5) is 15.9 Å². The Hall–Kier alpha value is -2.43. The van der Waals surface area contributed by atoms with Crippen LogP contribution in [-0.4, -0.2) is 25.0 Å². The summed E-state index contributed by atoms with van der Waals surface area (Å²) in [4.78, 5) is 18.0. The molecule has 98 valence electrons. The van der Waals surface area contributed by atoms with Gasteiger partial charge >= 0.3 is 0 Å². The summed E-state index contributed by atoms with van der Waals surface area (Å²) >= 11 is 0. The third-order valence-corrected chi connectivity index (χ3v) is 2.55. The van der Waals surface area contributed by atoms with Crippen molar-refractivity contribution in [3.8, 4) is 0 Å². The van der Waals surface area contributed by atoms with Gasteiger partial charge in [0.2, 0.25) is 0 Å². The van der Waals surface area contributed by atoms with E-state index in [4.69, 9.17) is 0 Å². The first-order valence-corrected chi connectivity index (χ1v) is 5.78. The molecule has 0 unspecified atom stereocenters. The van der Waals surface area contributed by atoms with Gasteiger partial charge in [0.1, 0.15) is 17.3 Å². The Balaban J connectivity index is 2.21. The van der Waals surface area contributed by atoms with Crippen LogP contribution >= 0.6 is 0 Å². The monoisotopic (exact) mass is 259 g/mol. The minimum atomic E-state index is -0.473. The quantitative estimate of drug-likeness (QED) is 0.921. The van der Waals surface area contributed by atoms with Crippen molar-refractivity contribution in [2.75, 3.05) is 24.3 Å². The first-order valence-electron chi connectivity index (χ1n) is 5.78. The van der Waals surface area contributed by atoms with E-state index in [1.54, 1.807) is 35.2 Å². The lowest BCUT2D eigenvalue weighted by atomic mass is 10.2. The predicted molar refractivity (Wildman–Crippen MR) is 72.9 cm³/mol. The normalized spacial score (nSPS) is 10.1. The van der Waals surface area contributed by atoms with E-state index in [2.05, 4.69) is 10.3 Å². The minimum Gasteiger partial charge on any atom is -0.363 e. The van der Waals surface area contributed by atoms with Gasteiger partial charge in [-0.2, -0.15) is 0 Å². The summed E-state index contributed by atoms with van der Waals surface area (Å²) in [5.74, 6) is -0.241. The maximum absolute atomic E-state index is 13.4. The highest BCUT2D eigenvalue weighted by atomic mass is 19.1. The number of aromatic nitrogens is 1. The fourth-order valence-corrected chi connectivity index (χ4v) is 1.55. The van der Waals surface area contributed by atoms with Gasteiger partial charge in [-0.05, 0) is 24.3 Å². The average molecular weight is 259 g/mol. The second kappa shape index (κ2) is 5.48. The molecule has 19 heavy (non-hydrogen) atoms. The lowest BCUT2D eigenvalue weighted by Crippen LogP contribution is -2.17. The Morgan fingerprint density at radius 1 is 1.16 bits per heavy atom. The SMILES string of the molecule is CN(C)c1cccc(C(=O)Nc2ccccc2F)n1. The van der Waals surface area contributed by atoms with Gasteiger partial charge in [-0.25, -0.2) is 9.37 Å². The summed E-state index contributed by atoms with van der Waals surface area (Å²) in [6.07, 6.45) is 0. The van der Waals surface area contributed by atoms with Gasteiger partial charge in [0.05, 0.1) is 5.69 Å². The van der Waals surface area contributed by atoms with Crippen molar-refractivity contribution in [1.82, 2.24) is 4.98 Å².